The van der Waals surface area contributed by atoms with Gasteiger partial charge in [-0.25, -0.2) is 0 Å². The summed E-state index contributed by atoms with van der Waals surface area (Å²) < 4.78 is 0. The van der Waals surface area contributed by atoms with Crippen molar-refractivity contribution in [3.63, 3.8) is 0 Å². The van der Waals surface area contributed by atoms with Crippen molar-refractivity contribution in [2.45, 2.75) is 237 Å². The number of anilines is 6. The minimum atomic E-state index is -0.368. The Morgan fingerprint density at radius 2 is 0.306 bits per heavy atom. The predicted octanol–water partition coefficient (Wildman–Crippen LogP) is 33.2. The summed E-state index contributed by atoms with van der Waals surface area (Å²) in [6, 6.07) is 76.7. The number of carbonyl (C=O) groups is 6. The highest BCUT2D eigenvalue weighted by Gasteiger charge is 2.42. The molecular weight excluding hydrogens is 1770 g/mol. The van der Waals surface area contributed by atoms with Gasteiger partial charge in [0.15, 0.2) is 0 Å². The molecule has 18 aromatic carbocycles. The van der Waals surface area contributed by atoms with Gasteiger partial charge >= 0.3 is 0 Å². The van der Waals surface area contributed by atoms with Crippen molar-refractivity contribution < 1.29 is 28.8 Å². The van der Waals surface area contributed by atoms with E-state index >= 15 is 28.8 Å². The minimum Gasteiger partial charge on any atom is -0.321 e. The summed E-state index contributed by atoms with van der Waals surface area (Å²) >= 11 is 0. The van der Waals surface area contributed by atoms with E-state index in [0.717, 1.165) is 328 Å². The molecule has 6 N–H and O–H groups in total. The number of fused-ring (bicyclic) bond motifs is 15. The zero-order valence-electron chi connectivity index (χ0n) is 86.3. The maximum absolute atomic E-state index is 15.8. The Morgan fingerprint density at radius 3 is 0.444 bits per heavy atom. The lowest BCUT2D eigenvalue weighted by molar-refractivity contribution is 0.102. The normalized spacial score (nSPS) is 15.9. The van der Waals surface area contributed by atoms with Crippen molar-refractivity contribution in [3.05, 3.63) is 385 Å². The van der Waals surface area contributed by atoms with Crippen molar-refractivity contribution in [1.29, 1.82) is 0 Å². The fourth-order valence-corrected chi connectivity index (χ4v) is 27.1. The van der Waals surface area contributed by atoms with Gasteiger partial charge in [-0.15, -0.1) is 0 Å². The lowest BCUT2D eigenvalue weighted by Crippen LogP contribution is -2.31. The highest BCUT2D eigenvalue weighted by molar-refractivity contribution is 6.34. The van der Waals surface area contributed by atoms with Crippen LogP contribution >= 0.6 is 0 Å². The van der Waals surface area contributed by atoms with E-state index in [1.807, 2.05) is 72.8 Å². The quantitative estimate of drug-likeness (QED) is 0.0824. The molecule has 9 heterocycles. The summed E-state index contributed by atoms with van der Waals surface area (Å²) in [4.78, 5) is 94.6. The molecule has 12 nitrogen and oxygen atoms in total. The van der Waals surface area contributed by atoms with Crippen LogP contribution in [0.25, 0.3) is 97.0 Å². The van der Waals surface area contributed by atoms with Crippen molar-refractivity contribution in [3.8, 4) is 0 Å². The number of carbonyl (C=O) groups excluding carboxylic acids is 6. The number of rotatable bonds is 0. The van der Waals surface area contributed by atoms with E-state index in [9.17, 15) is 0 Å². The third-order valence-electron chi connectivity index (χ3n) is 34.1. The van der Waals surface area contributed by atoms with E-state index < -0.39 is 0 Å². The second kappa shape index (κ2) is 35.9. The van der Waals surface area contributed by atoms with Crippen LogP contribution in [-0.4, -0.2) is 35.4 Å². The van der Waals surface area contributed by atoms with Crippen LogP contribution in [0.4, 0.5) is 34.1 Å². The topological polar surface area (TPSA) is 175 Å². The van der Waals surface area contributed by atoms with E-state index in [2.05, 4.69) is 302 Å². The van der Waals surface area contributed by atoms with Crippen LogP contribution in [0.1, 0.15) is 292 Å². The second-order valence-electron chi connectivity index (χ2n) is 43.4. The Hall–Kier alpha value is -14.9. The number of aryl methyl sites for hydroxylation is 18. The first kappa shape index (κ1) is 94.0. The number of nitrogens with one attached hydrogen (secondary N) is 6. The van der Waals surface area contributed by atoms with E-state index in [4.69, 9.17) is 0 Å². The first-order chi connectivity index (χ1) is 69.2. The lowest BCUT2D eigenvalue weighted by atomic mass is 9.64. The zero-order chi connectivity index (χ0) is 100. The van der Waals surface area contributed by atoms with Gasteiger partial charge in [-0.3, -0.25) is 28.8 Å². The third kappa shape index (κ3) is 15.3. The molecule has 720 valence electrons. The zero-order valence-corrected chi connectivity index (χ0v) is 86.3. The summed E-state index contributed by atoms with van der Waals surface area (Å²) in [5.41, 5.74) is 31.2. The molecule has 0 unspecified atom stereocenters. The predicted molar refractivity (Wildman–Crippen MR) is 600 cm³/mol. The maximum Gasteiger partial charge on any atom is 0.256 e. The Bertz CT molecular complexity index is 7320. The van der Waals surface area contributed by atoms with Gasteiger partial charge in [0.1, 0.15) is 0 Å². The molecule has 6 amide bonds. The Kier molecular flexibility index (Phi) is 23.5. The molecule has 12 heteroatoms. The molecule has 3 fully saturated rings. The lowest BCUT2D eigenvalue weighted by Gasteiger charge is -2.40. The van der Waals surface area contributed by atoms with Crippen molar-refractivity contribution in [1.82, 2.24) is 0 Å². The van der Waals surface area contributed by atoms with Crippen LogP contribution in [0.5, 0.6) is 0 Å². The van der Waals surface area contributed by atoms with Gasteiger partial charge in [-0.1, -0.05) is 240 Å². The summed E-state index contributed by atoms with van der Waals surface area (Å²) in [5.74, 6) is -1.46. The van der Waals surface area contributed by atoms with Crippen LogP contribution in [-0.2, 0) is 16.2 Å². The molecule has 3 spiro atoms. The first-order valence-electron chi connectivity index (χ1n) is 52.0. The summed E-state index contributed by atoms with van der Waals surface area (Å²) in [6.45, 7) is 38.0. The van der Waals surface area contributed by atoms with Crippen molar-refractivity contribution in [2.24, 2.45) is 0 Å². The fraction of sp³-hybridized carbons (Fsp3) is 0.273. The Morgan fingerprint density at radius 1 is 0.167 bits per heavy atom. The maximum atomic E-state index is 15.8. The summed E-state index contributed by atoms with van der Waals surface area (Å²) in [7, 11) is 0. The van der Waals surface area contributed by atoms with Gasteiger partial charge in [0.2, 0.25) is 0 Å². The second-order valence-corrected chi connectivity index (χ2v) is 43.4. The molecule has 0 saturated heterocycles. The van der Waals surface area contributed by atoms with Crippen LogP contribution < -0.4 is 31.9 Å². The molecule has 30 rings (SSSR count). The van der Waals surface area contributed by atoms with E-state index in [-0.39, 0.29) is 51.7 Å². The van der Waals surface area contributed by atoms with Crippen LogP contribution in [0.2, 0.25) is 0 Å². The molecule has 12 aliphatic rings. The minimum absolute atomic E-state index is 0.244. The Balaban J connectivity index is 0.672. The number of benzene rings is 18. The third-order valence-corrected chi connectivity index (χ3v) is 34.1. The summed E-state index contributed by atoms with van der Waals surface area (Å²) in [5, 5.41) is 37.0. The standard InChI is InChI=1S/C132H126N6O6/c1-70-34-28-40-97-103-64-88-65-104(98-41-29-35-71(2)110(98)115(88)109(70)97)125(140)134-119-78(9)54-92(55-79(119)10)131(48-24-20-25-49-131)94-58-82(13)121(83(14)59-94)136-127(142)106-68-90-69-108(102-45-33-39-75(6)114(102)117(90)112-73(4)37-31-43-100(106)112)129(144)138-123-86(17)62-96(63-87(123)18)132(50-26-21-27-51-132)95-60-84(15)122(85(16)61-95)137-128(143)107-67-89-66-105(99-42-30-36-72(3)111(99)116(89)113-74(5)38-32-44-101(107)113)126(141)135-120-80(11)56-93(57-81(120)12)130(46-22-19-23-47-130)91-52-76(7)118(77(8)53-91)133-124(103)139/h28-45,52-69H,19-27,46-51H2,1-18H3,(H,133,139)(H,134,140)(H,135,141)(H,136,142)(H,137,143)(H,138,144). The number of hydrogen-bond donors (Lipinski definition) is 6. The average Bonchev–Trinajstić information content (AvgIpc) is 0.725. The molecule has 3 aliphatic carbocycles. The van der Waals surface area contributed by atoms with E-state index in [0.29, 0.717) is 33.4 Å². The van der Waals surface area contributed by atoms with Crippen LogP contribution in [0, 0.1) is 125 Å². The van der Waals surface area contributed by atoms with E-state index in [1.165, 1.54) is 33.4 Å². The largest absolute Gasteiger partial charge is 0.321 e. The van der Waals surface area contributed by atoms with Gasteiger partial charge in [0, 0.05) is 83.7 Å². The van der Waals surface area contributed by atoms with Crippen LogP contribution in [0.3, 0.4) is 0 Å². The molecule has 18 aromatic rings. The molecule has 144 heavy (non-hydrogen) atoms. The number of amides is 6. The van der Waals surface area contributed by atoms with Gasteiger partial charge in [0.05, 0.1) is 0 Å². The highest BCUT2D eigenvalue weighted by atomic mass is 16.2. The Labute approximate surface area is 844 Å². The molecule has 3 saturated carbocycles. The van der Waals surface area contributed by atoms with Crippen LogP contribution in [0.15, 0.2) is 218 Å². The molecule has 0 atom stereocenters. The fourth-order valence-electron chi connectivity index (χ4n) is 27.1. The molecule has 9 aliphatic heterocycles. The van der Waals surface area contributed by atoms with Crippen molar-refractivity contribution >= 4 is 167 Å². The van der Waals surface area contributed by atoms with Gasteiger partial charge in [0.25, 0.3) is 35.4 Å². The molecular formula is C132H126N6O6. The van der Waals surface area contributed by atoms with Gasteiger partial charge < -0.3 is 31.9 Å². The monoisotopic (exact) mass is 1890 g/mol. The summed E-state index contributed by atoms with van der Waals surface area (Å²) in [6.07, 6.45) is 15.2. The average molecular weight is 1890 g/mol. The smallest absolute Gasteiger partial charge is 0.256 e. The van der Waals surface area contributed by atoms with Crippen molar-refractivity contribution in [2.75, 3.05) is 31.9 Å². The molecule has 0 radical (unpaired) electrons. The molecule has 21 bridgehead atoms. The number of hydrogen-bond acceptors (Lipinski definition) is 6. The highest BCUT2D eigenvalue weighted by Crippen LogP contribution is 2.54. The van der Waals surface area contributed by atoms with Gasteiger partial charge in [-0.05, 0) is 430 Å². The van der Waals surface area contributed by atoms with E-state index in [1.54, 1.807) is 0 Å². The SMILES string of the molecule is Cc1cc2cc(C)c1NC(=O)c1cc3cc(c4cccc(C)c4c3c3c(C)cccc13)C(=O)Nc1c(C)cc(cc1C)C1(CCCCC1)c1cc(C)c(c(C)c1)NC(=O)c1cc3cc(c4cccc(C)c4c3c3c(C)cccc13)C(=O)Nc1c(C)cc(cc1C)C1(CCCCC1)c1cc(C)c(c(C)c1)NC(=O)c1cc3cc(c4cccc(C)c4c3c3c(C)cccc13)C(=O)Nc1c(C)cc(cc1C)C21CCCCC1. The first-order valence-corrected chi connectivity index (χ1v) is 52.0. The van der Waals surface area contributed by atoms with Gasteiger partial charge in [-0.2, -0.15) is 0 Å². The molecule has 0 aromatic heterocycles.